The maximum atomic E-state index is 12.5. The molecule has 102 valence electrons. The van der Waals surface area contributed by atoms with E-state index < -0.39 is 13.8 Å². The first-order chi connectivity index (χ1) is 9.81. The fraction of sp³-hybridized carbons (Fsp3) is 0.222. The van der Waals surface area contributed by atoms with E-state index in [1.807, 2.05) is 48.5 Å². The second-order valence-electron chi connectivity index (χ2n) is 4.64. The molecule has 0 aromatic heterocycles. The molecular weight excluding hydrogens is 311 g/mol. The standard InChI is InChI=1S/C18H18OSe/c1-2-17(20(19)18-13-7-4-8-14-18)15-9-12-16-10-5-3-6-11-16/h1,3-8,10-11,13-14,17H,9,12,15H2. The summed E-state index contributed by atoms with van der Waals surface area (Å²) in [5.41, 5.74) is 1.31. The van der Waals surface area contributed by atoms with Crippen LogP contribution in [0.4, 0.5) is 0 Å². The van der Waals surface area contributed by atoms with Crippen molar-refractivity contribution in [3.63, 3.8) is 0 Å². The van der Waals surface area contributed by atoms with Gasteiger partial charge in [0.25, 0.3) is 0 Å². The summed E-state index contributed by atoms with van der Waals surface area (Å²) in [6.07, 6.45) is 8.37. The van der Waals surface area contributed by atoms with Gasteiger partial charge >= 0.3 is 125 Å². The van der Waals surface area contributed by atoms with Crippen molar-refractivity contribution in [1.29, 1.82) is 0 Å². The van der Waals surface area contributed by atoms with Gasteiger partial charge in [0.05, 0.1) is 0 Å². The molecule has 0 aliphatic carbocycles. The van der Waals surface area contributed by atoms with E-state index >= 15 is 0 Å². The van der Waals surface area contributed by atoms with Gasteiger partial charge in [0.1, 0.15) is 0 Å². The molecule has 1 nitrogen and oxygen atoms in total. The summed E-state index contributed by atoms with van der Waals surface area (Å²) >= 11 is -2.14. The molecule has 0 aliphatic heterocycles. The molecule has 0 radical (unpaired) electrons. The number of aryl methyl sites for hydroxylation is 1. The van der Waals surface area contributed by atoms with Gasteiger partial charge in [-0.3, -0.25) is 0 Å². The van der Waals surface area contributed by atoms with Gasteiger partial charge in [-0.15, -0.1) is 0 Å². The van der Waals surface area contributed by atoms with Crippen LogP contribution in [-0.4, -0.2) is 13.8 Å². The number of benzene rings is 2. The molecular formula is C18H18OSe. The van der Waals surface area contributed by atoms with Gasteiger partial charge in [0.15, 0.2) is 0 Å². The Balaban J connectivity index is 1.90. The number of hydrogen-bond acceptors (Lipinski definition) is 1. The first-order valence-electron chi connectivity index (χ1n) is 6.77. The molecule has 0 amide bonds. The maximum absolute atomic E-state index is 12.5. The van der Waals surface area contributed by atoms with Crippen molar-refractivity contribution in [3.8, 4) is 12.3 Å². The zero-order valence-electron chi connectivity index (χ0n) is 11.4. The van der Waals surface area contributed by atoms with E-state index in [0.29, 0.717) is 0 Å². The Kier molecular flexibility index (Phi) is 5.74. The molecule has 2 aromatic rings. The van der Waals surface area contributed by atoms with Crippen molar-refractivity contribution in [3.05, 3.63) is 66.2 Å². The van der Waals surface area contributed by atoms with Gasteiger partial charge < -0.3 is 0 Å². The van der Waals surface area contributed by atoms with Crippen LogP contribution in [0.2, 0.25) is 4.82 Å². The molecule has 0 saturated carbocycles. The molecule has 0 fully saturated rings. The molecule has 0 bridgehead atoms. The second-order valence-corrected chi connectivity index (χ2v) is 8.07. The molecule has 2 rings (SSSR count). The van der Waals surface area contributed by atoms with Gasteiger partial charge in [0.2, 0.25) is 0 Å². The van der Waals surface area contributed by atoms with Crippen LogP contribution < -0.4 is 4.46 Å². The van der Waals surface area contributed by atoms with Crippen LogP contribution in [0.3, 0.4) is 0 Å². The number of hydrogen-bond donors (Lipinski definition) is 0. The van der Waals surface area contributed by atoms with Crippen LogP contribution in [-0.2, 0) is 10.3 Å². The van der Waals surface area contributed by atoms with Crippen LogP contribution in [0.1, 0.15) is 18.4 Å². The average Bonchev–Trinajstić information content (AvgIpc) is 2.53. The van der Waals surface area contributed by atoms with Crippen molar-refractivity contribution in [2.24, 2.45) is 0 Å². The average molecular weight is 329 g/mol. The molecule has 0 spiro atoms. The van der Waals surface area contributed by atoms with Crippen molar-refractivity contribution < 1.29 is 3.83 Å². The quantitative estimate of drug-likeness (QED) is 0.587. The fourth-order valence-corrected chi connectivity index (χ4v) is 4.75. The van der Waals surface area contributed by atoms with Gasteiger partial charge in [-0.2, -0.15) is 0 Å². The van der Waals surface area contributed by atoms with E-state index in [-0.39, 0.29) is 4.82 Å². The minimum absolute atomic E-state index is 0.110. The third-order valence-electron chi connectivity index (χ3n) is 3.19. The predicted octanol–water partition coefficient (Wildman–Crippen LogP) is 3.34. The Morgan fingerprint density at radius 1 is 1.00 bits per heavy atom. The number of terminal acetylenes is 1. The van der Waals surface area contributed by atoms with Gasteiger partial charge in [0, 0.05) is 0 Å². The molecule has 0 N–H and O–H groups in total. The van der Waals surface area contributed by atoms with Gasteiger partial charge in [-0.1, -0.05) is 0 Å². The summed E-state index contributed by atoms with van der Waals surface area (Å²) in [6, 6.07) is 19.9. The zero-order chi connectivity index (χ0) is 14.2. The van der Waals surface area contributed by atoms with Crippen molar-refractivity contribution >= 4 is 18.3 Å². The molecule has 20 heavy (non-hydrogen) atoms. The summed E-state index contributed by atoms with van der Waals surface area (Å²) in [4.78, 5) is -0.110. The van der Waals surface area contributed by atoms with Gasteiger partial charge in [-0.05, 0) is 0 Å². The van der Waals surface area contributed by atoms with Crippen molar-refractivity contribution in [2.75, 3.05) is 0 Å². The third-order valence-corrected chi connectivity index (χ3v) is 6.60. The molecule has 0 aliphatic rings. The van der Waals surface area contributed by atoms with E-state index in [9.17, 15) is 3.83 Å². The molecule has 0 heterocycles. The number of rotatable bonds is 6. The Hall–Kier alpha value is -1.68. The molecule has 0 saturated heterocycles. The van der Waals surface area contributed by atoms with Crippen LogP contribution in [0.5, 0.6) is 0 Å². The second kappa shape index (κ2) is 7.80. The Bertz CT molecular complexity index is 584. The summed E-state index contributed by atoms with van der Waals surface area (Å²) in [5, 5.41) is 0. The Labute approximate surface area is 125 Å². The molecule has 2 atom stereocenters. The third kappa shape index (κ3) is 4.17. The topological polar surface area (TPSA) is 17.1 Å². The van der Waals surface area contributed by atoms with Crippen molar-refractivity contribution in [1.82, 2.24) is 0 Å². The minimum atomic E-state index is -2.14. The first kappa shape index (κ1) is 14.7. The summed E-state index contributed by atoms with van der Waals surface area (Å²) in [7, 11) is 0. The van der Waals surface area contributed by atoms with E-state index in [4.69, 9.17) is 6.42 Å². The predicted molar refractivity (Wildman–Crippen MR) is 84.5 cm³/mol. The molecule has 2 aromatic carbocycles. The summed E-state index contributed by atoms with van der Waals surface area (Å²) in [5.74, 6) is 2.73. The van der Waals surface area contributed by atoms with Crippen LogP contribution in [0.15, 0.2) is 60.7 Å². The summed E-state index contributed by atoms with van der Waals surface area (Å²) < 4.78 is 13.4. The van der Waals surface area contributed by atoms with E-state index in [2.05, 4.69) is 18.1 Å². The van der Waals surface area contributed by atoms with Crippen LogP contribution >= 0.6 is 0 Å². The van der Waals surface area contributed by atoms with E-state index in [1.54, 1.807) is 0 Å². The zero-order valence-corrected chi connectivity index (χ0v) is 13.1. The molecule has 2 unspecified atom stereocenters. The SMILES string of the molecule is C#CC(CCCc1ccccc1)[Se](=O)c1ccccc1. The van der Waals surface area contributed by atoms with E-state index in [0.717, 1.165) is 23.7 Å². The van der Waals surface area contributed by atoms with E-state index in [1.165, 1.54) is 5.56 Å². The Morgan fingerprint density at radius 2 is 1.60 bits per heavy atom. The monoisotopic (exact) mass is 330 g/mol. The van der Waals surface area contributed by atoms with Crippen LogP contribution in [0.25, 0.3) is 0 Å². The van der Waals surface area contributed by atoms with Gasteiger partial charge in [-0.25, -0.2) is 0 Å². The fourth-order valence-electron chi connectivity index (χ4n) is 2.11. The Morgan fingerprint density at radius 3 is 2.20 bits per heavy atom. The first-order valence-corrected chi connectivity index (χ1v) is 9.31. The normalized spacial score (nSPS) is 13.3. The van der Waals surface area contributed by atoms with Crippen molar-refractivity contribution in [2.45, 2.75) is 24.1 Å². The molecule has 2 heteroatoms. The summed E-state index contributed by atoms with van der Waals surface area (Å²) in [6.45, 7) is 0. The van der Waals surface area contributed by atoms with Crippen LogP contribution in [0, 0.1) is 12.3 Å².